The highest BCUT2D eigenvalue weighted by molar-refractivity contribution is 5.76. The number of hydrogen-bond acceptors (Lipinski definition) is 2. The van der Waals surface area contributed by atoms with E-state index >= 15 is 0 Å². The molecule has 0 aliphatic heterocycles. The van der Waals surface area contributed by atoms with Crippen molar-refractivity contribution >= 4 is 11.0 Å². The number of rotatable bonds is 2. The van der Waals surface area contributed by atoms with Gasteiger partial charge in [0.2, 0.25) is 0 Å². The molecule has 1 N–H and O–H groups in total. The highest BCUT2D eigenvalue weighted by Gasteiger charge is 2.42. The Morgan fingerprint density at radius 1 is 1.29 bits per heavy atom. The van der Waals surface area contributed by atoms with Gasteiger partial charge in [0.1, 0.15) is 11.6 Å². The van der Waals surface area contributed by atoms with E-state index in [9.17, 15) is 13.2 Å². The van der Waals surface area contributed by atoms with E-state index in [-0.39, 0.29) is 18.8 Å². The van der Waals surface area contributed by atoms with Gasteiger partial charge in [-0.25, -0.2) is 4.98 Å². The fraction of sp³-hybridized carbons (Fsp3) is 0.533. The lowest BCUT2D eigenvalue weighted by Gasteiger charge is -2.29. The number of ether oxygens (including phenoxy) is 1. The number of benzene rings is 1. The SMILES string of the molecule is COc1ccc2nc(C3CCCC(C(F)(F)F)C3)[nH]c2c1. The van der Waals surface area contributed by atoms with Gasteiger partial charge in [-0.1, -0.05) is 6.42 Å². The Balaban J connectivity index is 1.86. The quantitative estimate of drug-likeness (QED) is 0.892. The van der Waals surface area contributed by atoms with E-state index in [1.54, 1.807) is 13.2 Å². The average Bonchev–Trinajstić information content (AvgIpc) is 2.89. The number of aromatic amines is 1. The van der Waals surface area contributed by atoms with Gasteiger partial charge in [-0.15, -0.1) is 0 Å². The van der Waals surface area contributed by atoms with E-state index in [1.807, 2.05) is 12.1 Å². The Bertz CT molecular complexity index is 635. The van der Waals surface area contributed by atoms with Crippen LogP contribution in [0.4, 0.5) is 13.2 Å². The molecular formula is C15H17F3N2O. The van der Waals surface area contributed by atoms with Gasteiger partial charge in [0, 0.05) is 12.0 Å². The van der Waals surface area contributed by atoms with Crippen molar-refractivity contribution < 1.29 is 17.9 Å². The van der Waals surface area contributed by atoms with Crippen LogP contribution in [0.1, 0.15) is 37.4 Å². The predicted octanol–water partition coefficient (Wildman–Crippen LogP) is 4.41. The van der Waals surface area contributed by atoms with Gasteiger partial charge >= 0.3 is 6.18 Å². The molecule has 0 amide bonds. The van der Waals surface area contributed by atoms with Crippen LogP contribution >= 0.6 is 0 Å². The molecule has 2 unspecified atom stereocenters. The van der Waals surface area contributed by atoms with Crippen LogP contribution in [0.3, 0.4) is 0 Å². The zero-order chi connectivity index (χ0) is 15.0. The summed E-state index contributed by atoms with van der Waals surface area (Å²) in [6.45, 7) is 0. The van der Waals surface area contributed by atoms with Gasteiger partial charge in [-0.3, -0.25) is 0 Å². The highest BCUT2D eigenvalue weighted by atomic mass is 19.4. The maximum absolute atomic E-state index is 12.9. The minimum atomic E-state index is -4.10. The lowest BCUT2D eigenvalue weighted by molar-refractivity contribution is -0.183. The first-order valence-electron chi connectivity index (χ1n) is 7.07. The average molecular weight is 298 g/mol. The molecule has 1 fully saturated rings. The topological polar surface area (TPSA) is 37.9 Å². The molecule has 2 aromatic rings. The van der Waals surface area contributed by atoms with Crippen LogP contribution < -0.4 is 4.74 Å². The Morgan fingerprint density at radius 2 is 2.10 bits per heavy atom. The van der Waals surface area contributed by atoms with E-state index < -0.39 is 12.1 Å². The molecule has 0 saturated heterocycles. The molecule has 6 heteroatoms. The number of H-pyrrole nitrogens is 1. The molecule has 1 heterocycles. The Kier molecular flexibility index (Phi) is 3.55. The maximum Gasteiger partial charge on any atom is 0.391 e. The predicted molar refractivity (Wildman–Crippen MR) is 73.4 cm³/mol. The van der Waals surface area contributed by atoms with E-state index in [4.69, 9.17) is 4.74 Å². The standard InChI is InChI=1S/C15H17F3N2O/c1-21-11-5-6-12-13(8-11)20-14(19-12)9-3-2-4-10(7-9)15(16,17)18/h5-6,8-10H,2-4,7H2,1H3,(H,19,20). The summed E-state index contributed by atoms with van der Waals surface area (Å²) >= 11 is 0. The van der Waals surface area contributed by atoms with Crippen LogP contribution in [0.15, 0.2) is 18.2 Å². The highest BCUT2D eigenvalue weighted by Crippen LogP contribution is 2.43. The summed E-state index contributed by atoms with van der Waals surface area (Å²) < 4.78 is 43.8. The van der Waals surface area contributed by atoms with E-state index in [0.29, 0.717) is 18.0 Å². The van der Waals surface area contributed by atoms with Gasteiger partial charge in [0.25, 0.3) is 0 Å². The third-order valence-electron chi connectivity index (χ3n) is 4.23. The smallest absolute Gasteiger partial charge is 0.391 e. The lowest BCUT2D eigenvalue weighted by Crippen LogP contribution is -2.28. The molecule has 0 radical (unpaired) electrons. The third-order valence-corrected chi connectivity index (χ3v) is 4.23. The van der Waals surface area contributed by atoms with Crippen molar-refractivity contribution in [1.82, 2.24) is 9.97 Å². The molecule has 0 bridgehead atoms. The van der Waals surface area contributed by atoms with E-state index in [1.165, 1.54) is 0 Å². The fourth-order valence-corrected chi connectivity index (χ4v) is 3.06. The van der Waals surface area contributed by atoms with Gasteiger partial charge in [-0.05, 0) is 31.4 Å². The maximum atomic E-state index is 12.9. The van der Waals surface area contributed by atoms with Crippen LogP contribution in [0, 0.1) is 5.92 Å². The third kappa shape index (κ3) is 2.84. The first-order chi connectivity index (χ1) is 9.97. The summed E-state index contributed by atoms with van der Waals surface area (Å²) in [5.41, 5.74) is 1.57. The monoisotopic (exact) mass is 298 g/mol. The van der Waals surface area contributed by atoms with Crippen LogP contribution in [-0.2, 0) is 0 Å². The second kappa shape index (κ2) is 5.24. The van der Waals surface area contributed by atoms with Crippen LogP contribution in [0.5, 0.6) is 5.75 Å². The number of methoxy groups -OCH3 is 1. The summed E-state index contributed by atoms with van der Waals surface area (Å²) in [6, 6.07) is 5.43. The second-order valence-electron chi connectivity index (χ2n) is 5.61. The van der Waals surface area contributed by atoms with Crippen molar-refractivity contribution in [2.24, 2.45) is 5.92 Å². The van der Waals surface area contributed by atoms with Crippen LogP contribution in [0.25, 0.3) is 11.0 Å². The number of alkyl halides is 3. The van der Waals surface area contributed by atoms with Gasteiger partial charge in [0.05, 0.1) is 24.1 Å². The van der Waals surface area contributed by atoms with Crippen molar-refractivity contribution in [3.63, 3.8) is 0 Å². The largest absolute Gasteiger partial charge is 0.497 e. The van der Waals surface area contributed by atoms with Crippen molar-refractivity contribution in [3.8, 4) is 5.75 Å². The number of imidazole rings is 1. The number of fused-ring (bicyclic) bond motifs is 1. The van der Waals surface area contributed by atoms with Gasteiger partial charge in [-0.2, -0.15) is 13.2 Å². The summed E-state index contributed by atoms with van der Waals surface area (Å²) in [5, 5.41) is 0. The Labute approximate surface area is 120 Å². The molecule has 1 aromatic carbocycles. The molecule has 3 nitrogen and oxygen atoms in total. The second-order valence-corrected chi connectivity index (χ2v) is 5.61. The van der Waals surface area contributed by atoms with Gasteiger partial charge in [0.15, 0.2) is 0 Å². The molecule has 0 spiro atoms. The minimum absolute atomic E-state index is 0.125. The van der Waals surface area contributed by atoms with Crippen molar-refractivity contribution in [3.05, 3.63) is 24.0 Å². The summed E-state index contributed by atoms with van der Waals surface area (Å²) in [4.78, 5) is 7.60. The molecular weight excluding hydrogens is 281 g/mol. The molecule has 1 aliphatic rings. The molecule has 21 heavy (non-hydrogen) atoms. The summed E-state index contributed by atoms with van der Waals surface area (Å²) in [7, 11) is 1.58. The van der Waals surface area contributed by atoms with E-state index in [2.05, 4.69) is 9.97 Å². The summed E-state index contributed by atoms with van der Waals surface area (Å²) in [6.07, 6.45) is -2.40. The molecule has 2 atom stereocenters. The fourth-order valence-electron chi connectivity index (χ4n) is 3.06. The van der Waals surface area contributed by atoms with Crippen molar-refractivity contribution in [2.45, 2.75) is 37.8 Å². The minimum Gasteiger partial charge on any atom is -0.497 e. The van der Waals surface area contributed by atoms with Crippen molar-refractivity contribution in [1.29, 1.82) is 0 Å². The number of hydrogen-bond donors (Lipinski definition) is 1. The number of nitrogens with one attached hydrogen (secondary N) is 1. The lowest BCUT2D eigenvalue weighted by atomic mass is 9.80. The first kappa shape index (κ1) is 14.2. The zero-order valence-corrected chi connectivity index (χ0v) is 11.7. The van der Waals surface area contributed by atoms with Crippen LogP contribution in [0.2, 0.25) is 0 Å². The molecule has 1 aromatic heterocycles. The normalized spacial score (nSPS) is 23.4. The van der Waals surface area contributed by atoms with Gasteiger partial charge < -0.3 is 9.72 Å². The first-order valence-corrected chi connectivity index (χ1v) is 7.07. The summed E-state index contributed by atoms with van der Waals surface area (Å²) in [5.74, 6) is 0.00415. The van der Waals surface area contributed by atoms with Crippen LogP contribution in [-0.4, -0.2) is 23.3 Å². The molecule has 1 aliphatic carbocycles. The molecule has 3 rings (SSSR count). The van der Waals surface area contributed by atoms with E-state index in [0.717, 1.165) is 17.5 Å². The molecule has 1 saturated carbocycles. The number of nitrogens with zero attached hydrogens (tertiary/aromatic N) is 1. The van der Waals surface area contributed by atoms with Crippen molar-refractivity contribution in [2.75, 3.05) is 7.11 Å². The zero-order valence-electron chi connectivity index (χ0n) is 11.7. The number of aromatic nitrogens is 2. The Hall–Kier alpha value is -1.72. The number of halogens is 3. The Morgan fingerprint density at radius 3 is 2.81 bits per heavy atom. The molecule has 114 valence electrons.